The molecule has 0 bridgehead atoms. The summed E-state index contributed by atoms with van der Waals surface area (Å²) < 4.78 is 16.8. The summed E-state index contributed by atoms with van der Waals surface area (Å²) in [4.78, 5) is 46.1. The number of benzene rings is 2. The third kappa shape index (κ3) is 9.76. The molecule has 0 amide bonds. The molecular formula is C37H41N3O7. The Morgan fingerprint density at radius 2 is 1.74 bits per heavy atom. The lowest BCUT2D eigenvalue weighted by atomic mass is 9.75. The number of nitro groups is 1. The highest BCUT2D eigenvalue weighted by molar-refractivity contribution is 6.07. The van der Waals surface area contributed by atoms with Crippen LogP contribution in [0.15, 0.2) is 94.9 Å². The molecular weight excluding hydrogens is 598 g/mol. The maximum Gasteiger partial charge on any atom is 0.336 e. The van der Waals surface area contributed by atoms with E-state index in [1.165, 1.54) is 29.3 Å². The molecule has 0 spiro atoms. The van der Waals surface area contributed by atoms with Crippen molar-refractivity contribution in [3.63, 3.8) is 0 Å². The number of esters is 2. The summed E-state index contributed by atoms with van der Waals surface area (Å²) in [7, 11) is 0. The van der Waals surface area contributed by atoms with Gasteiger partial charge in [0.05, 0.1) is 30.3 Å². The number of hydrogen-bond donors (Lipinski definition) is 0. The van der Waals surface area contributed by atoms with E-state index < -0.39 is 28.7 Å². The van der Waals surface area contributed by atoms with Crippen LogP contribution in [0.3, 0.4) is 0 Å². The monoisotopic (exact) mass is 639 g/mol. The van der Waals surface area contributed by atoms with Gasteiger partial charge in [0.1, 0.15) is 5.92 Å². The molecule has 1 aliphatic rings. The summed E-state index contributed by atoms with van der Waals surface area (Å²) in [6, 6.07) is 18.4. The fraction of sp³-hybridized carbons (Fsp3) is 0.351. The van der Waals surface area contributed by atoms with Crippen LogP contribution in [0.2, 0.25) is 0 Å². The number of aliphatic imine (C=N–C) groups is 1. The maximum absolute atomic E-state index is 13.4. The first-order chi connectivity index (χ1) is 22.7. The van der Waals surface area contributed by atoms with Crippen LogP contribution in [0.25, 0.3) is 6.08 Å². The number of aromatic nitrogens is 1. The van der Waals surface area contributed by atoms with Crippen LogP contribution in [0.4, 0.5) is 5.69 Å². The smallest absolute Gasteiger partial charge is 0.336 e. The molecule has 0 N–H and O–H groups in total. The van der Waals surface area contributed by atoms with E-state index in [-0.39, 0.29) is 24.5 Å². The Labute approximate surface area is 275 Å². The predicted molar refractivity (Wildman–Crippen MR) is 180 cm³/mol. The Bertz CT molecular complexity index is 1650. The third-order valence-corrected chi connectivity index (χ3v) is 7.80. The lowest BCUT2D eigenvalue weighted by Gasteiger charge is -2.31. The van der Waals surface area contributed by atoms with Gasteiger partial charge in [-0.3, -0.25) is 24.9 Å². The van der Waals surface area contributed by atoms with Crippen molar-refractivity contribution in [3.8, 4) is 0 Å². The zero-order valence-corrected chi connectivity index (χ0v) is 27.3. The van der Waals surface area contributed by atoms with Gasteiger partial charge in [-0.25, -0.2) is 4.79 Å². The maximum atomic E-state index is 13.4. The van der Waals surface area contributed by atoms with Crippen molar-refractivity contribution in [2.24, 2.45) is 10.9 Å². The summed E-state index contributed by atoms with van der Waals surface area (Å²) in [6.07, 6.45) is 7.85. The number of hydrogen-bond acceptors (Lipinski definition) is 9. The molecule has 47 heavy (non-hydrogen) atoms. The minimum atomic E-state index is -0.919. The van der Waals surface area contributed by atoms with E-state index in [9.17, 15) is 19.7 Å². The molecule has 2 heterocycles. The van der Waals surface area contributed by atoms with E-state index in [1.54, 1.807) is 33.0 Å². The Morgan fingerprint density at radius 1 is 0.979 bits per heavy atom. The number of allylic oxidation sites excluding steroid dienone is 1. The first-order valence-electron chi connectivity index (χ1n) is 15.7. The number of carbonyl (C=O) groups excluding carboxylic acids is 2. The van der Waals surface area contributed by atoms with Crippen LogP contribution in [-0.2, 0) is 30.2 Å². The first kappa shape index (κ1) is 34.9. The molecule has 2 atom stereocenters. The van der Waals surface area contributed by atoms with Gasteiger partial charge in [-0.1, -0.05) is 48.5 Å². The number of nitrogens with zero attached hydrogens (tertiary/aromatic N) is 3. The van der Waals surface area contributed by atoms with Crippen LogP contribution in [0.5, 0.6) is 0 Å². The number of pyridine rings is 1. The number of unbranched alkanes of at least 4 members (excludes halogenated alkanes) is 1. The third-order valence-electron chi connectivity index (χ3n) is 7.80. The van der Waals surface area contributed by atoms with Crippen LogP contribution < -0.4 is 0 Å². The molecule has 246 valence electrons. The van der Waals surface area contributed by atoms with E-state index in [0.717, 1.165) is 17.6 Å². The zero-order chi connectivity index (χ0) is 33.8. The molecule has 2 unspecified atom stereocenters. The van der Waals surface area contributed by atoms with Crippen molar-refractivity contribution in [1.82, 2.24) is 4.98 Å². The lowest BCUT2D eigenvalue weighted by molar-refractivity contribution is -0.384. The molecule has 3 aromatic rings. The molecule has 0 radical (unpaired) electrons. The topological polar surface area (TPSA) is 130 Å². The van der Waals surface area contributed by atoms with E-state index >= 15 is 0 Å². The zero-order valence-electron chi connectivity index (χ0n) is 27.3. The number of carbonyl (C=O) groups is 2. The van der Waals surface area contributed by atoms with Crippen molar-refractivity contribution in [3.05, 3.63) is 122 Å². The Hall–Kier alpha value is -4.96. The van der Waals surface area contributed by atoms with Gasteiger partial charge in [0.15, 0.2) is 0 Å². The molecule has 1 aliphatic heterocycles. The fourth-order valence-corrected chi connectivity index (χ4v) is 5.61. The number of nitro benzene ring substituents is 1. The van der Waals surface area contributed by atoms with Crippen LogP contribution in [-0.4, -0.2) is 54.0 Å². The van der Waals surface area contributed by atoms with Gasteiger partial charge >= 0.3 is 11.9 Å². The molecule has 10 nitrogen and oxygen atoms in total. The van der Waals surface area contributed by atoms with Gasteiger partial charge in [-0.2, -0.15) is 0 Å². The van der Waals surface area contributed by atoms with Gasteiger partial charge in [0.2, 0.25) is 0 Å². The number of rotatable bonds is 15. The van der Waals surface area contributed by atoms with Crippen molar-refractivity contribution in [2.75, 3.05) is 26.4 Å². The van der Waals surface area contributed by atoms with E-state index in [4.69, 9.17) is 14.2 Å². The summed E-state index contributed by atoms with van der Waals surface area (Å²) in [5.74, 6) is -2.93. The van der Waals surface area contributed by atoms with Crippen molar-refractivity contribution in [1.29, 1.82) is 0 Å². The Balaban J connectivity index is 1.29. The molecule has 4 rings (SSSR count). The second kappa shape index (κ2) is 17.1. The highest BCUT2D eigenvalue weighted by Crippen LogP contribution is 2.41. The van der Waals surface area contributed by atoms with Crippen LogP contribution in [0, 0.1) is 16.0 Å². The normalized spacial score (nSPS) is 16.4. The lowest BCUT2D eigenvalue weighted by Crippen LogP contribution is -2.36. The van der Waals surface area contributed by atoms with Crippen molar-refractivity contribution < 1.29 is 28.7 Å². The Morgan fingerprint density at radius 3 is 2.45 bits per heavy atom. The van der Waals surface area contributed by atoms with Crippen LogP contribution in [0.1, 0.15) is 68.7 Å². The molecule has 1 aromatic heterocycles. The van der Waals surface area contributed by atoms with E-state index in [2.05, 4.69) is 46.4 Å². The second-order valence-corrected chi connectivity index (χ2v) is 11.5. The van der Waals surface area contributed by atoms with Gasteiger partial charge in [0, 0.05) is 48.5 Å². The molecule has 0 saturated carbocycles. The summed E-state index contributed by atoms with van der Waals surface area (Å²) in [5.41, 5.74) is 5.95. The molecule has 10 heteroatoms. The summed E-state index contributed by atoms with van der Waals surface area (Å²) in [6.45, 7) is 8.36. The fourth-order valence-electron chi connectivity index (χ4n) is 5.61. The minimum absolute atomic E-state index is 0.143. The first-order valence-corrected chi connectivity index (χ1v) is 15.7. The quantitative estimate of drug-likeness (QED) is 0.0750. The largest absolute Gasteiger partial charge is 0.465 e. The van der Waals surface area contributed by atoms with Gasteiger partial charge < -0.3 is 14.2 Å². The number of ether oxygens (including phenoxy) is 3. The summed E-state index contributed by atoms with van der Waals surface area (Å²) in [5, 5.41) is 11.5. The highest BCUT2D eigenvalue weighted by Gasteiger charge is 2.42. The average molecular weight is 640 g/mol. The molecule has 2 aromatic carbocycles. The van der Waals surface area contributed by atoms with E-state index in [1.807, 2.05) is 19.2 Å². The number of non-ortho nitro benzene ring substituents is 1. The highest BCUT2D eigenvalue weighted by atomic mass is 16.6. The second-order valence-electron chi connectivity index (χ2n) is 11.5. The van der Waals surface area contributed by atoms with Crippen molar-refractivity contribution >= 4 is 29.4 Å². The van der Waals surface area contributed by atoms with Gasteiger partial charge in [0.25, 0.3) is 5.69 Å². The van der Waals surface area contributed by atoms with Gasteiger partial charge in [-0.05, 0) is 80.9 Å². The summed E-state index contributed by atoms with van der Waals surface area (Å²) >= 11 is 0. The minimum Gasteiger partial charge on any atom is -0.465 e. The van der Waals surface area contributed by atoms with Crippen LogP contribution >= 0.6 is 0 Å². The van der Waals surface area contributed by atoms with Gasteiger partial charge in [-0.15, -0.1) is 0 Å². The Kier molecular flexibility index (Phi) is 12.7. The average Bonchev–Trinajstić information content (AvgIpc) is 3.05. The molecule has 0 fully saturated rings. The molecule has 0 aliphatic carbocycles. The SMILES string of the molecule is CCOC(=O)C1C(C)=NC(C)=C(C(=O)OCCCCOCC(C)=Cc2ccc(Cc3cccnc3)cc2)C1c1cccc([N+](=O)[O-])c1. The van der Waals surface area contributed by atoms with Crippen molar-refractivity contribution in [2.45, 2.75) is 52.9 Å². The van der Waals surface area contributed by atoms with E-state index in [0.29, 0.717) is 43.0 Å². The molecule has 0 saturated heterocycles. The standard InChI is InChI=1S/C37H41N3O7/c1-5-46-36(41)33-26(3)39-27(4)34(35(33)31-11-8-12-32(22-31)40(43)44)37(42)47-19-7-6-18-45-24-25(2)20-28-13-15-29(16-14-28)21-30-10-9-17-38-23-30/h8-17,20,22-23,33,35H,5-7,18-19,21,24H2,1-4H3. The predicted octanol–water partition coefficient (Wildman–Crippen LogP) is 7.04.